The molecule has 1 heterocycles. The Morgan fingerprint density at radius 3 is 1.98 bits per heavy atom. The number of methoxy groups -OCH3 is 1. The van der Waals surface area contributed by atoms with Crippen LogP contribution in [0.15, 0.2) is 42.5 Å². The van der Waals surface area contributed by atoms with E-state index in [4.69, 9.17) is 9.72 Å². The summed E-state index contributed by atoms with van der Waals surface area (Å²) >= 11 is 0. The van der Waals surface area contributed by atoms with E-state index in [1.165, 1.54) is 102 Å². The zero-order valence-electron chi connectivity index (χ0n) is 26.1. The number of amides is 1. The van der Waals surface area contributed by atoms with Crippen molar-refractivity contribution in [3.8, 4) is 5.75 Å². The van der Waals surface area contributed by atoms with Crippen LogP contribution >= 0.6 is 0 Å². The Balaban J connectivity index is 1.19. The number of aromatic nitrogens is 2. The van der Waals surface area contributed by atoms with Crippen molar-refractivity contribution in [3.05, 3.63) is 42.5 Å². The first kappa shape index (κ1) is 32.8. The van der Waals surface area contributed by atoms with Crippen molar-refractivity contribution in [1.29, 1.82) is 0 Å². The molecule has 0 fully saturated rings. The van der Waals surface area contributed by atoms with Crippen molar-refractivity contribution in [2.24, 2.45) is 0 Å². The maximum Gasteiger partial charge on any atom is 0.235 e. The second-order valence-electron chi connectivity index (χ2n) is 11.7. The highest BCUT2D eigenvalue weighted by Crippen LogP contribution is 2.24. The summed E-state index contributed by atoms with van der Waals surface area (Å²) in [7, 11) is 1.71. The predicted octanol–water partition coefficient (Wildman–Crippen LogP) is 9.23. The molecule has 0 unspecified atom stereocenters. The van der Waals surface area contributed by atoms with Gasteiger partial charge in [0.15, 0.2) is 11.3 Å². The van der Waals surface area contributed by atoms with E-state index in [1.807, 2.05) is 12.1 Å². The van der Waals surface area contributed by atoms with Gasteiger partial charge in [-0.3, -0.25) is 4.79 Å². The van der Waals surface area contributed by atoms with E-state index in [0.717, 1.165) is 54.7 Å². The smallest absolute Gasteiger partial charge is 0.235 e. The monoisotopic (exact) mass is 562 g/mol. The van der Waals surface area contributed by atoms with E-state index in [2.05, 4.69) is 47.1 Å². The molecule has 0 saturated carbocycles. The van der Waals surface area contributed by atoms with E-state index in [0.29, 0.717) is 6.42 Å². The highest BCUT2D eigenvalue weighted by atomic mass is 16.5. The maximum atomic E-state index is 12.1. The molecule has 0 aliphatic rings. The maximum absolute atomic E-state index is 12.1. The van der Waals surface area contributed by atoms with Crippen molar-refractivity contribution in [2.45, 2.75) is 135 Å². The number of rotatable bonds is 23. The summed E-state index contributed by atoms with van der Waals surface area (Å²) in [6.07, 6.45) is 23.7. The summed E-state index contributed by atoms with van der Waals surface area (Å²) in [5.74, 6) is 1.07. The summed E-state index contributed by atoms with van der Waals surface area (Å²) in [5.41, 5.74) is 4.26. The van der Waals surface area contributed by atoms with Crippen molar-refractivity contribution >= 4 is 28.0 Å². The molecule has 2 aromatic carbocycles. The minimum Gasteiger partial charge on any atom is -0.494 e. The summed E-state index contributed by atoms with van der Waals surface area (Å²) in [6.45, 7) is 4.11. The van der Waals surface area contributed by atoms with Crippen LogP contribution in [0.25, 0.3) is 22.1 Å². The van der Waals surface area contributed by atoms with Gasteiger partial charge >= 0.3 is 0 Å². The normalized spacial score (nSPS) is 11.4. The zero-order chi connectivity index (χ0) is 29.0. The minimum atomic E-state index is 0.243. The molecule has 0 bridgehead atoms. The van der Waals surface area contributed by atoms with Crippen molar-refractivity contribution in [3.63, 3.8) is 0 Å². The second kappa shape index (κ2) is 20.2. The van der Waals surface area contributed by atoms with Crippen LogP contribution in [0.1, 0.15) is 129 Å². The number of carbonyl (C=O) groups excluding carboxylic acids is 1. The van der Waals surface area contributed by atoms with Crippen LogP contribution in [-0.4, -0.2) is 24.5 Å². The Labute approximate surface area is 249 Å². The molecule has 226 valence electrons. The number of para-hydroxylation sites is 3. The number of aryl methyl sites for hydroxylation is 1. The molecule has 1 N–H and O–H groups in total. The topological polar surface area (TPSA) is 55.1 Å². The fourth-order valence-corrected chi connectivity index (χ4v) is 5.83. The van der Waals surface area contributed by atoms with E-state index in [9.17, 15) is 4.79 Å². The third kappa shape index (κ3) is 12.0. The van der Waals surface area contributed by atoms with Crippen LogP contribution in [0.4, 0.5) is 0 Å². The number of nitrogens with zero attached hydrogens (tertiary/aromatic N) is 2. The van der Waals surface area contributed by atoms with Gasteiger partial charge in [-0.2, -0.15) is 4.57 Å². The van der Waals surface area contributed by atoms with Crippen molar-refractivity contribution in [1.82, 2.24) is 10.3 Å². The quantitative estimate of drug-likeness (QED) is 0.0712. The lowest BCUT2D eigenvalue weighted by atomic mass is 10.1. The number of nitrogens with one attached hydrogen (secondary N) is 1. The molecule has 41 heavy (non-hydrogen) atoms. The molecular weight excluding hydrogens is 506 g/mol. The Morgan fingerprint density at radius 2 is 1.29 bits per heavy atom. The number of unbranched alkanes of at least 4 members (excludes halogenated alkanes) is 16. The molecule has 0 radical (unpaired) electrons. The van der Waals surface area contributed by atoms with Gasteiger partial charge in [0.2, 0.25) is 16.9 Å². The molecule has 3 rings (SSSR count). The summed E-state index contributed by atoms with van der Waals surface area (Å²) in [6, 6.07) is 14.6. The fraction of sp³-hybridized carbons (Fsp3) is 0.639. The van der Waals surface area contributed by atoms with Gasteiger partial charge in [-0.15, -0.1) is 0 Å². The van der Waals surface area contributed by atoms with Crippen LogP contribution in [0, 0.1) is 0 Å². The molecule has 0 spiro atoms. The molecule has 0 atom stereocenters. The third-order valence-corrected chi connectivity index (χ3v) is 8.28. The van der Waals surface area contributed by atoms with Crippen LogP contribution < -0.4 is 14.6 Å². The van der Waals surface area contributed by atoms with Gasteiger partial charge in [-0.1, -0.05) is 115 Å². The molecule has 1 amide bonds. The summed E-state index contributed by atoms with van der Waals surface area (Å²) < 4.78 is 8.00. The average Bonchev–Trinajstić information content (AvgIpc) is 3.00. The van der Waals surface area contributed by atoms with E-state index < -0.39 is 0 Å². The van der Waals surface area contributed by atoms with Gasteiger partial charge in [0.25, 0.3) is 0 Å². The second-order valence-corrected chi connectivity index (χ2v) is 11.7. The van der Waals surface area contributed by atoms with Gasteiger partial charge < -0.3 is 10.1 Å². The van der Waals surface area contributed by atoms with Crippen molar-refractivity contribution < 1.29 is 14.1 Å². The lowest BCUT2D eigenvalue weighted by Gasteiger charge is -2.08. The van der Waals surface area contributed by atoms with E-state index in [-0.39, 0.29) is 5.91 Å². The number of benzene rings is 2. The largest absolute Gasteiger partial charge is 0.494 e. The van der Waals surface area contributed by atoms with Gasteiger partial charge in [0, 0.05) is 31.5 Å². The van der Waals surface area contributed by atoms with Crippen molar-refractivity contribution in [2.75, 3.05) is 13.7 Å². The predicted molar refractivity (Wildman–Crippen MR) is 172 cm³/mol. The first-order valence-electron chi connectivity index (χ1n) is 16.8. The third-order valence-electron chi connectivity index (χ3n) is 8.28. The Kier molecular flexibility index (Phi) is 16.2. The summed E-state index contributed by atoms with van der Waals surface area (Å²) in [4.78, 5) is 17.0. The SMILES string of the molecule is CCCCCCCCCCCCNC(=O)CCCCCCCCCC[n+]1c2ccccc2nc2c(OC)cccc21. The van der Waals surface area contributed by atoms with Gasteiger partial charge in [0.05, 0.1) is 7.11 Å². The van der Waals surface area contributed by atoms with Gasteiger partial charge in [-0.25, -0.2) is 4.98 Å². The van der Waals surface area contributed by atoms with Gasteiger partial charge in [-0.05, 0) is 31.4 Å². The Bertz CT molecular complexity index is 1150. The number of ether oxygens (including phenoxy) is 1. The first-order valence-corrected chi connectivity index (χ1v) is 16.8. The van der Waals surface area contributed by atoms with Crippen LogP contribution in [0.5, 0.6) is 5.75 Å². The van der Waals surface area contributed by atoms with Gasteiger partial charge in [0.1, 0.15) is 12.1 Å². The molecule has 5 heteroatoms. The molecular formula is C36H56N3O2+. The Morgan fingerprint density at radius 1 is 0.707 bits per heavy atom. The highest BCUT2D eigenvalue weighted by Gasteiger charge is 2.18. The molecule has 0 aliphatic carbocycles. The van der Waals surface area contributed by atoms with E-state index >= 15 is 0 Å². The number of hydrogen-bond acceptors (Lipinski definition) is 3. The first-order chi connectivity index (χ1) is 20.2. The molecule has 0 saturated heterocycles. The Hall–Kier alpha value is -2.69. The van der Waals surface area contributed by atoms with Crippen LogP contribution in [0.3, 0.4) is 0 Å². The lowest BCUT2D eigenvalue weighted by Crippen LogP contribution is -2.36. The fourth-order valence-electron chi connectivity index (χ4n) is 5.83. The number of carbonyl (C=O) groups is 1. The zero-order valence-corrected chi connectivity index (χ0v) is 26.1. The molecule has 5 nitrogen and oxygen atoms in total. The van der Waals surface area contributed by atoms with Crippen LogP contribution in [-0.2, 0) is 11.3 Å². The number of hydrogen-bond donors (Lipinski definition) is 1. The molecule has 3 aromatic rings. The molecule has 1 aromatic heterocycles. The average molecular weight is 563 g/mol. The standard InChI is InChI=1S/C36H55N3O2/c1-3-4-5-6-7-8-10-13-16-21-29-37-35(40)28-18-15-12-9-11-14-17-22-30-39-32-25-20-19-24-31(32)38-36-33(39)26-23-27-34(36)41-2/h19-20,23-27H,3-18,21-22,28-30H2,1-2H3/p+1. The highest BCUT2D eigenvalue weighted by molar-refractivity contribution is 5.85. The van der Waals surface area contributed by atoms with E-state index in [1.54, 1.807) is 7.11 Å². The number of fused-ring (bicyclic) bond motifs is 2. The summed E-state index contributed by atoms with van der Waals surface area (Å²) in [5, 5.41) is 3.12. The lowest BCUT2D eigenvalue weighted by molar-refractivity contribution is -0.646. The molecule has 0 aliphatic heterocycles. The minimum absolute atomic E-state index is 0.243. The van der Waals surface area contributed by atoms with Crippen LogP contribution in [0.2, 0.25) is 0 Å².